The van der Waals surface area contributed by atoms with Crippen molar-refractivity contribution in [1.82, 2.24) is 0 Å². The molecule has 0 fully saturated rings. The first kappa shape index (κ1) is 10.7. The van der Waals surface area contributed by atoms with Gasteiger partial charge in [0.25, 0.3) is 0 Å². The topological polar surface area (TPSA) is 66.8 Å². The average Bonchev–Trinajstić information content (AvgIpc) is 2.16. The van der Waals surface area contributed by atoms with Gasteiger partial charge in [-0.1, -0.05) is 12.1 Å². The van der Waals surface area contributed by atoms with E-state index in [1.165, 1.54) is 7.11 Å². The Morgan fingerprint density at radius 2 is 2.07 bits per heavy atom. The molecule has 1 aromatic carbocycles. The van der Waals surface area contributed by atoms with Gasteiger partial charge in [-0.25, -0.2) is 4.79 Å². The second-order valence-corrected chi connectivity index (χ2v) is 2.89. The number of carbonyl (C=O) groups excluding carboxylic acids is 1. The van der Waals surface area contributed by atoms with E-state index in [-0.39, 0.29) is 0 Å². The summed E-state index contributed by atoms with van der Waals surface area (Å²) in [5.41, 5.74) is 1.18. The molecule has 0 bridgehead atoms. The molecule has 0 heterocycles. The van der Waals surface area contributed by atoms with Crippen LogP contribution in [0.2, 0.25) is 0 Å². The normalized spacial score (nSPS) is 10.4. The number of aliphatic hydroxyl groups excluding tert-OH is 1. The Hall–Kier alpha value is -1.39. The molecule has 0 aliphatic heterocycles. The lowest BCUT2D eigenvalue weighted by molar-refractivity contribution is -0.0429. The summed E-state index contributed by atoms with van der Waals surface area (Å²) in [6, 6.07) is 4.70. The first-order chi connectivity index (χ1) is 6.57. The Labute approximate surface area is 81.8 Å². The number of ether oxygens (including phenoxy) is 1. The highest BCUT2D eigenvalue weighted by Gasteiger charge is 2.14. The van der Waals surface area contributed by atoms with E-state index in [1.54, 1.807) is 25.1 Å². The SMILES string of the molecule is COC(=O)c1cccc(C(O)O)c1C. The Kier molecular flexibility index (Phi) is 3.22. The van der Waals surface area contributed by atoms with Crippen molar-refractivity contribution in [3.05, 3.63) is 34.9 Å². The predicted molar refractivity (Wildman–Crippen MR) is 49.7 cm³/mol. The van der Waals surface area contributed by atoms with E-state index in [1.807, 2.05) is 0 Å². The van der Waals surface area contributed by atoms with E-state index < -0.39 is 12.3 Å². The minimum Gasteiger partial charge on any atom is -0.465 e. The molecule has 0 amide bonds. The standard InChI is InChI=1S/C10H12O4/c1-6-7(9(11)12)4-3-5-8(6)10(13)14-2/h3-5,9,11-12H,1-2H3. The molecule has 0 unspecified atom stereocenters. The largest absolute Gasteiger partial charge is 0.465 e. The number of rotatable bonds is 2. The summed E-state index contributed by atoms with van der Waals surface area (Å²) >= 11 is 0. The maximum absolute atomic E-state index is 11.2. The molecule has 0 spiro atoms. The van der Waals surface area contributed by atoms with Crippen LogP contribution in [0.5, 0.6) is 0 Å². The van der Waals surface area contributed by atoms with Crippen molar-refractivity contribution >= 4 is 5.97 Å². The zero-order valence-electron chi connectivity index (χ0n) is 8.02. The molecule has 4 heteroatoms. The molecule has 76 valence electrons. The lowest BCUT2D eigenvalue weighted by atomic mass is 10.0. The summed E-state index contributed by atoms with van der Waals surface area (Å²) in [6.07, 6.45) is -1.57. The second kappa shape index (κ2) is 4.21. The lowest BCUT2D eigenvalue weighted by Crippen LogP contribution is -2.07. The van der Waals surface area contributed by atoms with E-state index >= 15 is 0 Å². The van der Waals surface area contributed by atoms with Crippen LogP contribution in [0.25, 0.3) is 0 Å². The van der Waals surface area contributed by atoms with Crippen LogP contribution >= 0.6 is 0 Å². The van der Waals surface area contributed by atoms with Crippen LogP contribution in [0.15, 0.2) is 18.2 Å². The molecule has 4 nitrogen and oxygen atoms in total. The summed E-state index contributed by atoms with van der Waals surface area (Å²) in [6.45, 7) is 1.64. The van der Waals surface area contributed by atoms with Crippen molar-refractivity contribution in [3.8, 4) is 0 Å². The highest BCUT2D eigenvalue weighted by Crippen LogP contribution is 2.19. The Bertz CT molecular complexity index is 344. The van der Waals surface area contributed by atoms with Crippen LogP contribution in [-0.4, -0.2) is 23.3 Å². The molecule has 14 heavy (non-hydrogen) atoms. The molecule has 0 saturated heterocycles. The van der Waals surface area contributed by atoms with Gasteiger partial charge in [-0.2, -0.15) is 0 Å². The number of esters is 1. The van der Waals surface area contributed by atoms with Gasteiger partial charge < -0.3 is 14.9 Å². The van der Waals surface area contributed by atoms with Gasteiger partial charge in [0.1, 0.15) is 0 Å². The van der Waals surface area contributed by atoms with E-state index in [4.69, 9.17) is 10.2 Å². The van der Waals surface area contributed by atoms with Crippen LogP contribution < -0.4 is 0 Å². The van der Waals surface area contributed by atoms with Crippen molar-refractivity contribution < 1.29 is 19.7 Å². The third-order valence-electron chi connectivity index (χ3n) is 2.06. The summed E-state index contributed by atoms with van der Waals surface area (Å²) in [5.74, 6) is -0.481. The fourth-order valence-corrected chi connectivity index (χ4v) is 1.26. The number of benzene rings is 1. The van der Waals surface area contributed by atoms with Gasteiger partial charge in [-0.15, -0.1) is 0 Å². The van der Waals surface area contributed by atoms with E-state index in [0.29, 0.717) is 16.7 Å². The summed E-state index contributed by atoms with van der Waals surface area (Å²) in [5, 5.41) is 18.0. The van der Waals surface area contributed by atoms with Gasteiger partial charge in [0.15, 0.2) is 6.29 Å². The maximum atomic E-state index is 11.2. The number of aliphatic hydroxyl groups is 2. The van der Waals surface area contributed by atoms with Crippen molar-refractivity contribution in [2.24, 2.45) is 0 Å². The van der Waals surface area contributed by atoms with Crippen molar-refractivity contribution in [2.45, 2.75) is 13.2 Å². The van der Waals surface area contributed by atoms with E-state index in [9.17, 15) is 4.79 Å². The molecule has 0 aromatic heterocycles. The summed E-state index contributed by atoms with van der Waals surface area (Å²) in [7, 11) is 1.28. The third kappa shape index (κ3) is 1.92. The smallest absolute Gasteiger partial charge is 0.338 e. The number of methoxy groups -OCH3 is 1. The monoisotopic (exact) mass is 196 g/mol. The van der Waals surface area contributed by atoms with Gasteiger partial charge >= 0.3 is 5.97 Å². The van der Waals surface area contributed by atoms with E-state index in [2.05, 4.69) is 4.74 Å². The fourth-order valence-electron chi connectivity index (χ4n) is 1.26. The first-order valence-electron chi connectivity index (χ1n) is 4.12. The van der Waals surface area contributed by atoms with Gasteiger partial charge in [-0.3, -0.25) is 0 Å². The third-order valence-corrected chi connectivity index (χ3v) is 2.06. The lowest BCUT2D eigenvalue weighted by Gasteiger charge is -2.10. The van der Waals surface area contributed by atoms with Crippen LogP contribution in [0.3, 0.4) is 0 Å². The molecule has 0 radical (unpaired) electrons. The number of hydrogen-bond donors (Lipinski definition) is 2. The zero-order chi connectivity index (χ0) is 10.7. The first-order valence-corrected chi connectivity index (χ1v) is 4.12. The second-order valence-electron chi connectivity index (χ2n) is 2.89. The van der Waals surface area contributed by atoms with Crippen LogP contribution in [0.4, 0.5) is 0 Å². The highest BCUT2D eigenvalue weighted by atomic mass is 16.5. The highest BCUT2D eigenvalue weighted by molar-refractivity contribution is 5.91. The van der Waals surface area contributed by atoms with Crippen molar-refractivity contribution in [2.75, 3.05) is 7.11 Å². The maximum Gasteiger partial charge on any atom is 0.338 e. The Morgan fingerprint density at radius 1 is 1.43 bits per heavy atom. The van der Waals surface area contributed by atoms with Crippen LogP contribution in [0.1, 0.15) is 27.8 Å². The summed E-state index contributed by atoms with van der Waals surface area (Å²) < 4.78 is 4.55. The molecular formula is C10H12O4. The number of hydrogen-bond acceptors (Lipinski definition) is 4. The molecule has 2 N–H and O–H groups in total. The molecule has 0 atom stereocenters. The molecule has 1 rings (SSSR count). The van der Waals surface area contributed by atoms with Crippen LogP contribution in [0, 0.1) is 6.92 Å². The molecule has 0 saturated carbocycles. The van der Waals surface area contributed by atoms with Crippen molar-refractivity contribution in [3.63, 3.8) is 0 Å². The Morgan fingerprint density at radius 3 is 2.57 bits per heavy atom. The number of carbonyl (C=O) groups is 1. The molecule has 1 aromatic rings. The fraction of sp³-hybridized carbons (Fsp3) is 0.300. The van der Waals surface area contributed by atoms with E-state index in [0.717, 1.165) is 0 Å². The zero-order valence-corrected chi connectivity index (χ0v) is 8.02. The Balaban J connectivity index is 3.20. The summed E-state index contributed by atoms with van der Waals surface area (Å²) in [4.78, 5) is 11.2. The predicted octanol–water partition coefficient (Wildman–Crippen LogP) is 0.765. The van der Waals surface area contributed by atoms with Gasteiger partial charge in [0.05, 0.1) is 12.7 Å². The minimum absolute atomic E-state index is 0.313. The van der Waals surface area contributed by atoms with Crippen LogP contribution in [-0.2, 0) is 4.74 Å². The van der Waals surface area contributed by atoms with Crippen molar-refractivity contribution in [1.29, 1.82) is 0 Å². The van der Waals surface area contributed by atoms with Gasteiger partial charge in [0, 0.05) is 5.56 Å². The van der Waals surface area contributed by atoms with Gasteiger partial charge in [-0.05, 0) is 18.6 Å². The average molecular weight is 196 g/mol. The molecule has 0 aliphatic carbocycles. The molecular weight excluding hydrogens is 184 g/mol. The quantitative estimate of drug-likeness (QED) is 0.541. The van der Waals surface area contributed by atoms with Gasteiger partial charge in [0.2, 0.25) is 0 Å². The minimum atomic E-state index is -1.57. The molecule has 0 aliphatic rings.